The number of furan rings is 1. The predicted octanol–water partition coefficient (Wildman–Crippen LogP) is 1.59. The standard InChI is InChI=1S/C9H8N4O3/c14-13(15)7-4-10-9(11-5-7)12-6-8-2-1-3-16-8/h1-5H,6H2,(H,10,11,12). The Morgan fingerprint density at radius 2 is 2.19 bits per heavy atom. The molecule has 2 aromatic heterocycles. The topological polar surface area (TPSA) is 94.1 Å². The average Bonchev–Trinajstić information content (AvgIpc) is 2.80. The molecule has 1 N–H and O–H groups in total. The van der Waals surface area contributed by atoms with Crippen LogP contribution in [0.25, 0.3) is 0 Å². The van der Waals surface area contributed by atoms with Crippen molar-refractivity contribution in [3.8, 4) is 0 Å². The summed E-state index contributed by atoms with van der Waals surface area (Å²) in [6.07, 6.45) is 3.86. The highest BCUT2D eigenvalue weighted by Crippen LogP contribution is 2.09. The maximum absolute atomic E-state index is 10.3. The van der Waals surface area contributed by atoms with E-state index in [1.807, 2.05) is 0 Å². The second kappa shape index (κ2) is 4.39. The monoisotopic (exact) mass is 220 g/mol. The Bertz CT molecular complexity index is 466. The minimum absolute atomic E-state index is 0.136. The van der Waals surface area contributed by atoms with Gasteiger partial charge < -0.3 is 9.73 Å². The molecule has 0 amide bonds. The van der Waals surface area contributed by atoms with Gasteiger partial charge in [0, 0.05) is 0 Å². The molecule has 16 heavy (non-hydrogen) atoms. The molecule has 2 heterocycles. The van der Waals surface area contributed by atoms with E-state index >= 15 is 0 Å². The van der Waals surface area contributed by atoms with E-state index in [4.69, 9.17) is 4.42 Å². The Balaban J connectivity index is 1.98. The van der Waals surface area contributed by atoms with Crippen LogP contribution in [0.3, 0.4) is 0 Å². The lowest BCUT2D eigenvalue weighted by Gasteiger charge is -2.00. The van der Waals surface area contributed by atoms with Gasteiger partial charge in [-0.25, -0.2) is 9.97 Å². The van der Waals surface area contributed by atoms with Gasteiger partial charge in [-0.2, -0.15) is 0 Å². The van der Waals surface area contributed by atoms with Crippen LogP contribution in [0.1, 0.15) is 5.76 Å². The quantitative estimate of drug-likeness (QED) is 0.621. The first kappa shape index (κ1) is 10.1. The Kier molecular flexibility index (Phi) is 2.77. The van der Waals surface area contributed by atoms with E-state index in [9.17, 15) is 10.1 Å². The van der Waals surface area contributed by atoms with Crippen molar-refractivity contribution < 1.29 is 9.34 Å². The summed E-state index contributed by atoms with van der Waals surface area (Å²) in [6.45, 7) is 0.435. The number of rotatable bonds is 4. The van der Waals surface area contributed by atoms with Crippen LogP contribution in [0.15, 0.2) is 35.2 Å². The van der Waals surface area contributed by atoms with Crippen molar-refractivity contribution in [2.75, 3.05) is 5.32 Å². The van der Waals surface area contributed by atoms with Gasteiger partial charge in [0.15, 0.2) is 0 Å². The fourth-order valence-electron chi connectivity index (χ4n) is 1.09. The molecular weight excluding hydrogens is 212 g/mol. The molecule has 0 aliphatic carbocycles. The number of hydrogen-bond acceptors (Lipinski definition) is 6. The molecule has 0 unspecified atom stereocenters. The second-order valence-corrected chi connectivity index (χ2v) is 2.95. The molecule has 0 atom stereocenters. The maximum atomic E-state index is 10.3. The molecule has 0 aliphatic heterocycles. The zero-order chi connectivity index (χ0) is 11.4. The zero-order valence-corrected chi connectivity index (χ0v) is 8.16. The maximum Gasteiger partial charge on any atom is 0.305 e. The Labute approximate surface area is 90.3 Å². The number of nitrogens with one attached hydrogen (secondary N) is 1. The molecule has 0 aliphatic rings. The van der Waals surface area contributed by atoms with Gasteiger partial charge in [-0.05, 0) is 12.1 Å². The molecule has 82 valence electrons. The molecule has 0 fully saturated rings. The summed E-state index contributed by atoms with van der Waals surface area (Å²) in [7, 11) is 0. The summed E-state index contributed by atoms with van der Waals surface area (Å²) in [5.41, 5.74) is -0.136. The van der Waals surface area contributed by atoms with E-state index < -0.39 is 4.92 Å². The van der Waals surface area contributed by atoms with Gasteiger partial charge in [0.2, 0.25) is 5.95 Å². The molecule has 0 aromatic carbocycles. The van der Waals surface area contributed by atoms with Crippen LogP contribution >= 0.6 is 0 Å². The number of nitrogens with zero attached hydrogens (tertiary/aromatic N) is 3. The highest BCUT2D eigenvalue weighted by molar-refractivity contribution is 5.30. The fourth-order valence-corrected chi connectivity index (χ4v) is 1.09. The number of hydrogen-bond donors (Lipinski definition) is 1. The SMILES string of the molecule is O=[N+]([O-])c1cnc(NCc2ccco2)nc1. The lowest BCUT2D eigenvalue weighted by atomic mass is 10.4. The number of nitro groups is 1. The van der Waals surface area contributed by atoms with Crippen molar-refractivity contribution >= 4 is 11.6 Å². The number of aromatic nitrogens is 2. The van der Waals surface area contributed by atoms with Crippen molar-refractivity contribution in [1.29, 1.82) is 0 Å². The van der Waals surface area contributed by atoms with Gasteiger partial charge in [-0.1, -0.05) is 0 Å². The van der Waals surface area contributed by atoms with Crippen molar-refractivity contribution in [3.05, 3.63) is 46.7 Å². The third kappa shape index (κ3) is 2.32. The summed E-state index contributed by atoms with van der Waals surface area (Å²) in [5, 5.41) is 13.2. The van der Waals surface area contributed by atoms with Crippen molar-refractivity contribution in [1.82, 2.24) is 9.97 Å². The summed E-state index contributed by atoms with van der Waals surface area (Å²) in [6, 6.07) is 3.58. The van der Waals surface area contributed by atoms with E-state index in [2.05, 4.69) is 15.3 Å². The van der Waals surface area contributed by atoms with E-state index in [1.54, 1.807) is 18.4 Å². The van der Waals surface area contributed by atoms with Gasteiger partial charge in [-0.15, -0.1) is 0 Å². The largest absolute Gasteiger partial charge is 0.467 e. The highest BCUT2D eigenvalue weighted by Gasteiger charge is 2.06. The van der Waals surface area contributed by atoms with Crippen molar-refractivity contribution in [3.63, 3.8) is 0 Å². The minimum Gasteiger partial charge on any atom is -0.467 e. The van der Waals surface area contributed by atoms with Crippen LogP contribution in [0.5, 0.6) is 0 Å². The lowest BCUT2D eigenvalue weighted by molar-refractivity contribution is -0.385. The van der Waals surface area contributed by atoms with Gasteiger partial charge in [-0.3, -0.25) is 10.1 Å². The molecule has 2 rings (SSSR count). The van der Waals surface area contributed by atoms with Crippen LogP contribution in [-0.2, 0) is 6.54 Å². The third-order valence-electron chi connectivity index (χ3n) is 1.85. The first-order valence-electron chi connectivity index (χ1n) is 4.48. The van der Waals surface area contributed by atoms with E-state index in [0.29, 0.717) is 12.5 Å². The van der Waals surface area contributed by atoms with Gasteiger partial charge >= 0.3 is 5.69 Å². The normalized spacial score (nSPS) is 10.0. The van der Waals surface area contributed by atoms with Crippen LogP contribution < -0.4 is 5.32 Å². The molecule has 0 spiro atoms. The van der Waals surface area contributed by atoms with E-state index in [0.717, 1.165) is 18.2 Å². The van der Waals surface area contributed by atoms with Crippen molar-refractivity contribution in [2.24, 2.45) is 0 Å². The summed E-state index contributed by atoms with van der Waals surface area (Å²) >= 11 is 0. The molecule has 7 nitrogen and oxygen atoms in total. The van der Waals surface area contributed by atoms with Crippen LogP contribution in [0.2, 0.25) is 0 Å². The highest BCUT2D eigenvalue weighted by atomic mass is 16.6. The second-order valence-electron chi connectivity index (χ2n) is 2.95. The van der Waals surface area contributed by atoms with Gasteiger partial charge in [0.25, 0.3) is 0 Å². The molecule has 0 saturated carbocycles. The third-order valence-corrected chi connectivity index (χ3v) is 1.85. The molecule has 7 heteroatoms. The van der Waals surface area contributed by atoms with Crippen molar-refractivity contribution in [2.45, 2.75) is 6.54 Å². The summed E-state index contributed by atoms with van der Waals surface area (Å²) in [4.78, 5) is 17.4. The Morgan fingerprint density at radius 3 is 2.75 bits per heavy atom. The average molecular weight is 220 g/mol. The predicted molar refractivity (Wildman–Crippen MR) is 54.7 cm³/mol. The summed E-state index contributed by atoms with van der Waals surface area (Å²) < 4.78 is 5.09. The zero-order valence-electron chi connectivity index (χ0n) is 8.16. The van der Waals surface area contributed by atoms with Crippen LogP contribution in [-0.4, -0.2) is 14.9 Å². The van der Waals surface area contributed by atoms with Crippen LogP contribution in [0.4, 0.5) is 11.6 Å². The minimum atomic E-state index is -0.545. The first-order chi connectivity index (χ1) is 7.75. The Hall–Kier alpha value is -2.44. The molecule has 0 saturated heterocycles. The summed E-state index contributed by atoms with van der Waals surface area (Å²) in [5.74, 6) is 1.06. The molecule has 0 bridgehead atoms. The first-order valence-corrected chi connectivity index (χ1v) is 4.48. The smallest absolute Gasteiger partial charge is 0.305 e. The van der Waals surface area contributed by atoms with Gasteiger partial charge in [0.1, 0.15) is 18.2 Å². The van der Waals surface area contributed by atoms with E-state index in [1.165, 1.54) is 0 Å². The molecular formula is C9H8N4O3. The lowest BCUT2D eigenvalue weighted by Crippen LogP contribution is -2.03. The molecule has 2 aromatic rings. The van der Waals surface area contributed by atoms with Crippen LogP contribution in [0, 0.1) is 10.1 Å². The molecule has 0 radical (unpaired) electrons. The van der Waals surface area contributed by atoms with Gasteiger partial charge in [0.05, 0.1) is 17.7 Å². The Morgan fingerprint density at radius 1 is 1.44 bits per heavy atom. The number of anilines is 1. The van der Waals surface area contributed by atoms with E-state index in [-0.39, 0.29) is 5.69 Å². The fraction of sp³-hybridized carbons (Fsp3) is 0.111.